The Labute approximate surface area is 173 Å². The standard InChI is InChI=1S/C23H21N3O2S/c1-29-21-14-8-6-12-19(21)25-23(27)15-26-20-13-7-5-11-18(20)24-22(26)16-28-17-9-3-2-4-10-17/h2-14H,15-16H2,1H3,(H,25,27). The Morgan fingerprint density at radius 3 is 2.55 bits per heavy atom. The first-order chi connectivity index (χ1) is 14.2. The summed E-state index contributed by atoms with van der Waals surface area (Å²) in [5.41, 5.74) is 2.57. The molecule has 1 N–H and O–H groups in total. The fourth-order valence-electron chi connectivity index (χ4n) is 3.16. The van der Waals surface area contributed by atoms with E-state index in [1.54, 1.807) is 11.8 Å². The second-order valence-electron chi connectivity index (χ2n) is 6.45. The van der Waals surface area contributed by atoms with Gasteiger partial charge in [-0.05, 0) is 42.7 Å². The molecule has 3 aromatic carbocycles. The molecular weight excluding hydrogens is 382 g/mol. The molecule has 0 atom stereocenters. The molecule has 0 unspecified atom stereocenters. The average Bonchev–Trinajstić information content (AvgIpc) is 3.10. The van der Waals surface area contributed by atoms with Crippen molar-refractivity contribution in [3.63, 3.8) is 0 Å². The summed E-state index contributed by atoms with van der Waals surface area (Å²) in [6.07, 6.45) is 1.99. The number of thioether (sulfide) groups is 1. The zero-order valence-corrected chi connectivity index (χ0v) is 16.9. The minimum absolute atomic E-state index is 0.101. The highest BCUT2D eigenvalue weighted by molar-refractivity contribution is 7.98. The van der Waals surface area contributed by atoms with Crippen LogP contribution in [0.4, 0.5) is 5.69 Å². The number of carbonyl (C=O) groups is 1. The number of nitrogens with one attached hydrogen (secondary N) is 1. The second-order valence-corrected chi connectivity index (χ2v) is 7.30. The molecule has 5 nitrogen and oxygen atoms in total. The van der Waals surface area contributed by atoms with Gasteiger partial charge in [-0.3, -0.25) is 4.79 Å². The van der Waals surface area contributed by atoms with Crippen LogP contribution in [-0.4, -0.2) is 21.7 Å². The number of para-hydroxylation sites is 4. The molecule has 6 heteroatoms. The van der Waals surface area contributed by atoms with Gasteiger partial charge in [0.2, 0.25) is 5.91 Å². The van der Waals surface area contributed by atoms with Gasteiger partial charge in [0.1, 0.15) is 24.7 Å². The van der Waals surface area contributed by atoms with E-state index in [1.807, 2.05) is 89.7 Å². The number of imidazole rings is 1. The van der Waals surface area contributed by atoms with Gasteiger partial charge in [-0.25, -0.2) is 4.98 Å². The normalized spacial score (nSPS) is 10.8. The Bertz CT molecular complexity index is 1130. The van der Waals surface area contributed by atoms with Crippen molar-refractivity contribution in [2.45, 2.75) is 18.0 Å². The molecule has 0 saturated carbocycles. The van der Waals surface area contributed by atoms with Crippen LogP contribution in [0.1, 0.15) is 5.82 Å². The number of carbonyl (C=O) groups excluding carboxylic acids is 1. The van der Waals surface area contributed by atoms with Crippen molar-refractivity contribution in [3.05, 3.63) is 84.7 Å². The van der Waals surface area contributed by atoms with E-state index < -0.39 is 0 Å². The van der Waals surface area contributed by atoms with Crippen LogP contribution in [0, 0.1) is 0 Å². The Balaban J connectivity index is 1.57. The number of nitrogens with zero attached hydrogens (tertiary/aromatic N) is 2. The monoisotopic (exact) mass is 403 g/mol. The Hall–Kier alpha value is -3.25. The zero-order valence-electron chi connectivity index (χ0n) is 16.0. The lowest BCUT2D eigenvalue weighted by Crippen LogP contribution is -2.21. The molecule has 0 bridgehead atoms. The van der Waals surface area contributed by atoms with E-state index in [4.69, 9.17) is 4.74 Å². The van der Waals surface area contributed by atoms with Crippen LogP contribution in [0.2, 0.25) is 0 Å². The molecule has 1 heterocycles. The molecule has 4 aromatic rings. The van der Waals surface area contributed by atoms with Crippen LogP contribution in [0.25, 0.3) is 11.0 Å². The van der Waals surface area contributed by atoms with Gasteiger partial charge in [-0.15, -0.1) is 11.8 Å². The van der Waals surface area contributed by atoms with E-state index >= 15 is 0 Å². The van der Waals surface area contributed by atoms with Crippen molar-refractivity contribution in [1.82, 2.24) is 9.55 Å². The number of aromatic nitrogens is 2. The zero-order chi connectivity index (χ0) is 20.1. The molecule has 1 aromatic heterocycles. The van der Waals surface area contributed by atoms with Crippen LogP contribution in [0.5, 0.6) is 5.75 Å². The van der Waals surface area contributed by atoms with Gasteiger partial charge in [0.05, 0.1) is 16.7 Å². The molecule has 4 rings (SSSR count). The number of hydrogen-bond acceptors (Lipinski definition) is 4. The summed E-state index contributed by atoms with van der Waals surface area (Å²) in [5, 5.41) is 3.02. The second kappa shape index (κ2) is 8.84. The number of benzene rings is 3. The van der Waals surface area contributed by atoms with Crippen molar-refractivity contribution < 1.29 is 9.53 Å². The van der Waals surface area contributed by atoms with Crippen LogP contribution in [0.15, 0.2) is 83.8 Å². The van der Waals surface area contributed by atoms with Crippen LogP contribution in [-0.2, 0) is 17.9 Å². The predicted octanol–water partition coefficient (Wildman–Crippen LogP) is 4.98. The number of ether oxygens (including phenoxy) is 1. The van der Waals surface area contributed by atoms with Crippen molar-refractivity contribution in [2.24, 2.45) is 0 Å². The Kier molecular flexibility index (Phi) is 5.81. The highest BCUT2D eigenvalue weighted by Crippen LogP contribution is 2.25. The third-order valence-corrected chi connectivity index (χ3v) is 5.32. The SMILES string of the molecule is CSc1ccccc1NC(=O)Cn1c(COc2ccccc2)nc2ccccc21. The topological polar surface area (TPSA) is 56.2 Å². The third kappa shape index (κ3) is 4.43. The maximum atomic E-state index is 12.8. The summed E-state index contributed by atoms with van der Waals surface area (Å²) in [6.45, 7) is 0.448. The van der Waals surface area contributed by atoms with Crippen molar-refractivity contribution >= 4 is 34.4 Å². The average molecular weight is 404 g/mol. The molecule has 146 valence electrons. The third-order valence-electron chi connectivity index (χ3n) is 4.53. The molecule has 0 saturated heterocycles. The van der Waals surface area contributed by atoms with E-state index in [0.717, 1.165) is 27.4 Å². The summed E-state index contributed by atoms with van der Waals surface area (Å²) in [5.74, 6) is 1.38. The lowest BCUT2D eigenvalue weighted by atomic mass is 10.3. The largest absolute Gasteiger partial charge is 0.486 e. The highest BCUT2D eigenvalue weighted by Gasteiger charge is 2.15. The molecular formula is C23H21N3O2S. The molecule has 0 aliphatic carbocycles. The van der Waals surface area contributed by atoms with Gasteiger partial charge in [-0.2, -0.15) is 0 Å². The van der Waals surface area contributed by atoms with Gasteiger partial charge in [0.15, 0.2) is 0 Å². The van der Waals surface area contributed by atoms with Crippen LogP contribution >= 0.6 is 11.8 Å². The first-order valence-electron chi connectivity index (χ1n) is 9.29. The van der Waals surface area contributed by atoms with E-state index in [-0.39, 0.29) is 19.1 Å². The predicted molar refractivity (Wildman–Crippen MR) is 117 cm³/mol. The Morgan fingerprint density at radius 2 is 1.72 bits per heavy atom. The van der Waals surface area contributed by atoms with Gasteiger partial charge in [0.25, 0.3) is 0 Å². The van der Waals surface area contributed by atoms with Gasteiger partial charge in [-0.1, -0.05) is 42.5 Å². The number of anilines is 1. The minimum Gasteiger partial charge on any atom is -0.486 e. The number of amides is 1. The first kappa shape index (κ1) is 19.1. The van der Waals surface area contributed by atoms with Gasteiger partial charge < -0.3 is 14.6 Å². The van der Waals surface area contributed by atoms with E-state index in [2.05, 4.69) is 10.3 Å². The smallest absolute Gasteiger partial charge is 0.244 e. The fraction of sp³-hybridized carbons (Fsp3) is 0.130. The van der Waals surface area contributed by atoms with Crippen molar-refractivity contribution in [1.29, 1.82) is 0 Å². The lowest BCUT2D eigenvalue weighted by molar-refractivity contribution is -0.116. The molecule has 0 aliphatic heterocycles. The van der Waals surface area contributed by atoms with Crippen LogP contribution < -0.4 is 10.1 Å². The molecule has 0 aliphatic rings. The maximum absolute atomic E-state index is 12.8. The Morgan fingerprint density at radius 1 is 1.00 bits per heavy atom. The molecule has 29 heavy (non-hydrogen) atoms. The fourth-order valence-corrected chi connectivity index (χ4v) is 3.71. The number of fused-ring (bicyclic) bond motifs is 1. The van der Waals surface area contributed by atoms with E-state index in [1.165, 1.54) is 0 Å². The van der Waals surface area contributed by atoms with Gasteiger partial charge in [0, 0.05) is 4.90 Å². The summed E-state index contributed by atoms with van der Waals surface area (Å²) < 4.78 is 7.79. The van der Waals surface area contributed by atoms with Crippen LogP contribution in [0.3, 0.4) is 0 Å². The van der Waals surface area contributed by atoms with Crippen molar-refractivity contribution in [3.8, 4) is 5.75 Å². The molecule has 0 radical (unpaired) electrons. The lowest BCUT2D eigenvalue weighted by Gasteiger charge is -2.12. The summed E-state index contributed by atoms with van der Waals surface area (Å²) in [7, 11) is 0. The summed E-state index contributed by atoms with van der Waals surface area (Å²) >= 11 is 1.60. The minimum atomic E-state index is -0.101. The summed E-state index contributed by atoms with van der Waals surface area (Å²) in [4.78, 5) is 18.5. The highest BCUT2D eigenvalue weighted by atomic mass is 32.2. The first-order valence-corrected chi connectivity index (χ1v) is 10.5. The number of rotatable bonds is 7. The van der Waals surface area contributed by atoms with E-state index in [0.29, 0.717) is 5.82 Å². The summed E-state index contributed by atoms with van der Waals surface area (Å²) in [6, 6.07) is 25.2. The quantitative estimate of drug-likeness (QED) is 0.442. The maximum Gasteiger partial charge on any atom is 0.244 e. The van der Waals surface area contributed by atoms with Crippen molar-refractivity contribution in [2.75, 3.05) is 11.6 Å². The van der Waals surface area contributed by atoms with E-state index in [9.17, 15) is 4.79 Å². The molecule has 0 spiro atoms. The van der Waals surface area contributed by atoms with Gasteiger partial charge >= 0.3 is 0 Å². The number of hydrogen-bond donors (Lipinski definition) is 1. The molecule has 0 fully saturated rings. The molecule has 1 amide bonds.